The lowest BCUT2D eigenvalue weighted by Crippen LogP contribution is -2.39. The molecule has 2 N–H and O–H groups in total. The summed E-state index contributed by atoms with van der Waals surface area (Å²) in [6.07, 6.45) is -0.607. The molecular formula is C25H25N3O5S. The highest BCUT2D eigenvalue weighted by Crippen LogP contribution is 2.44. The molecule has 0 aliphatic heterocycles. The second kappa shape index (κ2) is 9.64. The number of hydrogen-bond donors (Lipinski definition) is 2. The Kier molecular flexibility index (Phi) is 6.65. The molecule has 2 aromatic carbocycles. The Balaban J connectivity index is 1.34. The summed E-state index contributed by atoms with van der Waals surface area (Å²) in [5.74, 6) is -2.10. The minimum Gasteiger partial charge on any atom is -0.478 e. The highest BCUT2D eigenvalue weighted by Gasteiger charge is 2.30. The van der Waals surface area contributed by atoms with Crippen LogP contribution in [0.15, 0.2) is 48.5 Å². The molecule has 1 unspecified atom stereocenters. The molecule has 1 heterocycles. The molecule has 0 bridgehead atoms. The van der Waals surface area contributed by atoms with Crippen molar-refractivity contribution in [1.82, 2.24) is 9.69 Å². The van der Waals surface area contributed by atoms with Gasteiger partial charge in [0, 0.05) is 19.5 Å². The first-order valence-electron chi connectivity index (χ1n) is 10.9. The van der Waals surface area contributed by atoms with Gasteiger partial charge in [-0.2, -0.15) is 4.37 Å². The number of benzene rings is 2. The van der Waals surface area contributed by atoms with Crippen LogP contribution in [-0.2, 0) is 9.53 Å². The topological polar surface area (TPSA) is 109 Å². The van der Waals surface area contributed by atoms with Crippen LogP contribution in [0.25, 0.3) is 11.1 Å². The van der Waals surface area contributed by atoms with Crippen molar-refractivity contribution >= 4 is 34.5 Å². The number of carbonyl (C=O) groups is 3. The Labute approximate surface area is 201 Å². The molecular weight excluding hydrogens is 454 g/mol. The minimum absolute atomic E-state index is 0.0116. The van der Waals surface area contributed by atoms with Crippen LogP contribution in [0.1, 0.15) is 40.0 Å². The van der Waals surface area contributed by atoms with Gasteiger partial charge in [-0.1, -0.05) is 55.5 Å². The molecule has 2 amide bonds. The number of nitrogens with one attached hydrogen (secondary N) is 1. The number of fused-ring (bicyclic) bond motifs is 3. The molecule has 1 aromatic heterocycles. The van der Waals surface area contributed by atoms with E-state index in [0.29, 0.717) is 5.69 Å². The molecule has 0 radical (unpaired) electrons. The zero-order chi connectivity index (χ0) is 24.4. The number of alkyl carbamates (subject to hydrolysis) is 1. The molecule has 0 spiro atoms. The van der Waals surface area contributed by atoms with Crippen LogP contribution in [0, 0.1) is 12.8 Å². The van der Waals surface area contributed by atoms with Gasteiger partial charge in [-0.3, -0.25) is 4.79 Å². The van der Waals surface area contributed by atoms with E-state index in [-0.39, 0.29) is 35.5 Å². The van der Waals surface area contributed by atoms with E-state index in [2.05, 4.69) is 21.8 Å². The van der Waals surface area contributed by atoms with Crippen LogP contribution in [0.4, 0.5) is 9.80 Å². The van der Waals surface area contributed by atoms with Crippen LogP contribution in [0.2, 0.25) is 0 Å². The summed E-state index contributed by atoms with van der Waals surface area (Å²) in [7, 11) is 1.51. The fourth-order valence-electron chi connectivity index (χ4n) is 4.24. The number of carboxylic acids is 1. The highest BCUT2D eigenvalue weighted by molar-refractivity contribution is 7.11. The van der Waals surface area contributed by atoms with Gasteiger partial charge in [-0.25, -0.2) is 9.59 Å². The lowest BCUT2D eigenvalue weighted by Gasteiger charge is -2.21. The Bertz CT molecular complexity index is 1210. The normalized spacial score (nSPS) is 13.0. The number of anilines is 1. The minimum atomic E-state index is -1.13. The largest absolute Gasteiger partial charge is 0.478 e. The van der Waals surface area contributed by atoms with E-state index in [1.165, 1.54) is 11.9 Å². The number of amides is 2. The first-order valence-corrected chi connectivity index (χ1v) is 11.6. The Morgan fingerprint density at radius 2 is 1.71 bits per heavy atom. The predicted molar refractivity (Wildman–Crippen MR) is 129 cm³/mol. The number of hydrogen-bond acceptors (Lipinski definition) is 6. The monoisotopic (exact) mass is 479 g/mol. The molecule has 0 saturated heterocycles. The van der Waals surface area contributed by atoms with Crippen molar-refractivity contribution in [1.29, 1.82) is 0 Å². The van der Waals surface area contributed by atoms with Gasteiger partial charge in [-0.15, -0.1) is 0 Å². The van der Waals surface area contributed by atoms with Crippen LogP contribution in [0.5, 0.6) is 0 Å². The van der Waals surface area contributed by atoms with Crippen LogP contribution < -0.4 is 10.2 Å². The summed E-state index contributed by atoms with van der Waals surface area (Å²) in [5, 5.41) is 12.3. The summed E-state index contributed by atoms with van der Waals surface area (Å²) in [5.41, 5.74) is 4.91. The van der Waals surface area contributed by atoms with Gasteiger partial charge in [0.15, 0.2) is 0 Å². The fourth-order valence-corrected chi connectivity index (χ4v) is 5.09. The van der Waals surface area contributed by atoms with E-state index >= 15 is 0 Å². The Hall–Kier alpha value is -3.72. The van der Waals surface area contributed by atoms with Gasteiger partial charge in [0.1, 0.15) is 17.2 Å². The van der Waals surface area contributed by atoms with E-state index in [1.54, 1.807) is 13.8 Å². The van der Waals surface area contributed by atoms with Gasteiger partial charge < -0.3 is 20.1 Å². The van der Waals surface area contributed by atoms with Crippen molar-refractivity contribution in [2.24, 2.45) is 5.92 Å². The van der Waals surface area contributed by atoms with Crippen molar-refractivity contribution in [2.45, 2.75) is 19.8 Å². The van der Waals surface area contributed by atoms with E-state index in [4.69, 9.17) is 4.74 Å². The van der Waals surface area contributed by atoms with E-state index in [9.17, 15) is 19.5 Å². The first-order chi connectivity index (χ1) is 16.3. The van der Waals surface area contributed by atoms with Gasteiger partial charge in [0.05, 0.1) is 11.6 Å². The number of carboxylic acid groups (broad SMARTS) is 1. The van der Waals surface area contributed by atoms with Gasteiger partial charge in [0.2, 0.25) is 5.91 Å². The zero-order valence-corrected chi connectivity index (χ0v) is 19.9. The Morgan fingerprint density at radius 1 is 1.12 bits per heavy atom. The summed E-state index contributed by atoms with van der Waals surface area (Å²) in [6.45, 7) is 3.49. The molecule has 34 heavy (non-hydrogen) atoms. The number of aromatic nitrogens is 1. The molecule has 0 fully saturated rings. The fraction of sp³-hybridized carbons (Fsp3) is 0.280. The molecule has 8 nitrogen and oxygen atoms in total. The number of carbonyl (C=O) groups excluding carboxylic acids is 2. The maximum atomic E-state index is 12.8. The summed E-state index contributed by atoms with van der Waals surface area (Å²) >= 11 is 0.956. The molecule has 176 valence electrons. The van der Waals surface area contributed by atoms with E-state index in [1.807, 2.05) is 36.4 Å². The van der Waals surface area contributed by atoms with Crippen LogP contribution in [0.3, 0.4) is 0 Å². The van der Waals surface area contributed by atoms with Crippen LogP contribution in [-0.4, -0.2) is 47.6 Å². The second-order valence-electron chi connectivity index (χ2n) is 8.26. The lowest BCUT2D eigenvalue weighted by molar-refractivity contribution is -0.121. The molecule has 4 rings (SSSR count). The van der Waals surface area contributed by atoms with Gasteiger partial charge >= 0.3 is 12.1 Å². The summed E-state index contributed by atoms with van der Waals surface area (Å²) < 4.78 is 9.55. The smallest absolute Gasteiger partial charge is 0.407 e. The number of aryl methyl sites for hydroxylation is 1. The van der Waals surface area contributed by atoms with Crippen molar-refractivity contribution in [3.05, 3.63) is 70.9 Å². The van der Waals surface area contributed by atoms with Crippen molar-refractivity contribution < 1.29 is 24.2 Å². The molecule has 1 aliphatic carbocycles. The number of nitrogens with zero attached hydrogens (tertiary/aromatic N) is 2. The quantitative estimate of drug-likeness (QED) is 0.523. The van der Waals surface area contributed by atoms with Crippen molar-refractivity contribution in [3.63, 3.8) is 0 Å². The van der Waals surface area contributed by atoms with E-state index in [0.717, 1.165) is 33.8 Å². The van der Waals surface area contributed by atoms with Gasteiger partial charge in [0.25, 0.3) is 0 Å². The van der Waals surface area contributed by atoms with Crippen molar-refractivity contribution in [2.75, 3.05) is 25.1 Å². The molecule has 9 heteroatoms. The number of aromatic carboxylic acids is 1. The summed E-state index contributed by atoms with van der Waals surface area (Å²) in [4.78, 5) is 38.0. The Morgan fingerprint density at radius 3 is 2.29 bits per heavy atom. The molecule has 3 aromatic rings. The summed E-state index contributed by atoms with van der Waals surface area (Å²) in [6, 6.07) is 16.2. The maximum absolute atomic E-state index is 12.8. The van der Waals surface area contributed by atoms with Gasteiger partial charge in [-0.05, 0) is 40.7 Å². The van der Waals surface area contributed by atoms with E-state index < -0.39 is 18.0 Å². The maximum Gasteiger partial charge on any atom is 0.407 e. The second-order valence-corrected chi connectivity index (χ2v) is 9.01. The molecule has 0 saturated carbocycles. The standard InChI is InChI=1S/C25H25N3O5S/c1-14(22(29)28(3)23-21(24(30)31)15(2)27-34-23)12-26-25(32)33-13-20-18-10-6-4-8-16(18)17-9-5-7-11-19(17)20/h4-11,14,20H,12-13H2,1-3H3,(H,26,32)(H,30,31). The zero-order valence-electron chi connectivity index (χ0n) is 19.1. The predicted octanol–water partition coefficient (Wildman–Crippen LogP) is 4.29. The van der Waals surface area contributed by atoms with Crippen molar-refractivity contribution in [3.8, 4) is 11.1 Å². The first kappa shape index (κ1) is 23.4. The average Bonchev–Trinajstić information content (AvgIpc) is 3.38. The number of rotatable bonds is 7. The third kappa shape index (κ3) is 4.38. The highest BCUT2D eigenvalue weighted by atomic mass is 32.1. The third-order valence-corrected chi connectivity index (χ3v) is 7.03. The molecule has 1 atom stereocenters. The third-order valence-electron chi connectivity index (χ3n) is 6.01. The molecule has 1 aliphatic rings. The number of ether oxygens (including phenoxy) is 1. The van der Waals surface area contributed by atoms with Crippen LogP contribution >= 0.6 is 11.5 Å². The lowest BCUT2D eigenvalue weighted by atomic mass is 9.98. The average molecular weight is 480 g/mol. The SMILES string of the molecule is Cc1nsc(N(C)C(=O)C(C)CNC(=O)OCC2c3ccccc3-c3ccccc32)c1C(=O)O.